The van der Waals surface area contributed by atoms with E-state index in [0.717, 1.165) is 18.2 Å². The minimum Gasteiger partial charge on any atom is -0.490 e. The van der Waals surface area contributed by atoms with Gasteiger partial charge >= 0.3 is 12.4 Å². The minimum atomic E-state index is -5.02. The van der Waals surface area contributed by atoms with Crippen molar-refractivity contribution < 1.29 is 41.8 Å². The second-order valence-electron chi connectivity index (χ2n) is 7.35. The third-order valence-electron chi connectivity index (χ3n) is 4.95. The fraction of sp³-hybridized carbons (Fsp3) is 0.333. The van der Waals surface area contributed by atoms with Crippen LogP contribution in [0.15, 0.2) is 42.5 Å². The molecule has 12 heteroatoms. The van der Waals surface area contributed by atoms with Crippen molar-refractivity contribution in [3.05, 3.63) is 53.8 Å². The van der Waals surface area contributed by atoms with Crippen molar-refractivity contribution in [2.24, 2.45) is 0 Å². The third-order valence-corrected chi connectivity index (χ3v) is 4.95. The van der Waals surface area contributed by atoms with E-state index in [1.807, 2.05) is 0 Å². The Kier molecular flexibility index (Phi) is 7.59. The molecule has 0 heterocycles. The highest BCUT2D eigenvalue weighted by Crippen LogP contribution is 2.28. The van der Waals surface area contributed by atoms with Gasteiger partial charge in [-0.05, 0) is 62.1 Å². The van der Waals surface area contributed by atoms with E-state index >= 15 is 0 Å². The quantitative estimate of drug-likeness (QED) is 0.285. The molecule has 0 unspecified atom stereocenters. The Morgan fingerprint density at radius 2 is 1.67 bits per heavy atom. The highest BCUT2D eigenvalue weighted by molar-refractivity contribution is 5.93. The molecule has 4 N–H and O–H groups in total. The SMILES string of the molecule is O=C(Nc1ccc(OC(F)(F)F)c(F)c1)NC1CCC(Oc2ccc(C(=O)NO)cc2)CC1. The number of alkyl halides is 3. The Bertz CT molecular complexity index is 977. The molecule has 0 aliphatic heterocycles. The average Bonchev–Trinajstić information content (AvgIpc) is 2.76. The molecule has 178 valence electrons. The number of benzene rings is 2. The van der Waals surface area contributed by atoms with Crippen LogP contribution in [0, 0.1) is 5.82 Å². The molecule has 3 rings (SSSR count). The van der Waals surface area contributed by atoms with Crippen LogP contribution in [-0.2, 0) is 0 Å². The van der Waals surface area contributed by atoms with Gasteiger partial charge in [0.05, 0.1) is 6.10 Å². The van der Waals surface area contributed by atoms with Gasteiger partial charge < -0.3 is 20.1 Å². The van der Waals surface area contributed by atoms with Crippen LogP contribution in [0.3, 0.4) is 0 Å². The fourth-order valence-corrected chi connectivity index (χ4v) is 3.41. The molecule has 0 saturated heterocycles. The number of hydroxylamine groups is 1. The molecule has 3 amide bonds. The van der Waals surface area contributed by atoms with E-state index in [4.69, 9.17) is 9.94 Å². The number of rotatable bonds is 6. The summed E-state index contributed by atoms with van der Waals surface area (Å²) in [5, 5.41) is 13.7. The topological polar surface area (TPSA) is 109 Å². The maximum absolute atomic E-state index is 13.7. The smallest absolute Gasteiger partial charge is 0.490 e. The van der Waals surface area contributed by atoms with Crippen LogP contribution in [0.25, 0.3) is 0 Å². The number of carbonyl (C=O) groups excluding carboxylic acids is 2. The zero-order valence-electron chi connectivity index (χ0n) is 17.1. The van der Waals surface area contributed by atoms with E-state index in [1.54, 1.807) is 17.6 Å². The maximum atomic E-state index is 13.7. The lowest BCUT2D eigenvalue weighted by atomic mass is 9.93. The molecule has 2 aromatic rings. The van der Waals surface area contributed by atoms with Crippen molar-refractivity contribution in [3.8, 4) is 11.5 Å². The van der Waals surface area contributed by atoms with Gasteiger partial charge in [0.25, 0.3) is 5.91 Å². The van der Waals surface area contributed by atoms with Gasteiger partial charge in [0.2, 0.25) is 0 Å². The number of hydrogen-bond acceptors (Lipinski definition) is 5. The van der Waals surface area contributed by atoms with Crippen LogP contribution >= 0.6 is 0 Å². The molecular weight excluding hydrogens is 450 g/mol. The second-order valence-corrected chi connectivity index (χ2v) is 7.35. The number of urea groups is 1. The van der Waals surface area contributed by atoms with E-state index in [1.165, 1.54) is 12.1 Å². The van der Waals surface area contributed by atoms with Crippen molar-refractivity contribution in [2.45, 2.75) is 44.2 Å². The van der Waals surface area contributed by atoms with Gasteiger partial charge in [-0.15, -0.1) is 13.2 Å². The van der Waals surface area contributed by atoms with Crippen LogP contribution in [0.1, 0.15) is 36.0 Å². The van der Waals surface area contributed by atoms with Crippen molar-refractivity contribution >= 4 is 17.6 Å². The van der Waals surface area contributed by atoms with Gasteiger partial charge in [0, 0.05) is 23.4 Å². The largest absolute Gasteiger partial charge is 0.573 e. The first-order chi connectivity index (χ1) is 15.6. The zero-order chi connectivity index (χ0) is 24.0. The second kappa shape index (κ2) is 10.4. The first-order valence-corrected chi connectivity index (χ1v) is 9.97. The lowest BCUT2D eigenvalue weighted by Gasteiger charge is -2.29. The maximum Gasteiger partial charge on any atom is 0.573 e. The van der Waals surface area contributed by atoms with Gasteiger partial charge in [-0.25, -0.2) is 14.7 Å². The van der Waals surface area contributed by atoms with E-state index in [-0.39, 0.29) is 23.4 Å². The van der Waals surface area contributed by atoms with E-state index < -0.39 is 29.9 Å². The summed E-state index contributed by atoms with van der Waals surface area (Å²) in [6.07, 6.45) is -2.55. The summed E-state index contributed by atoms with van der Waals surface area (Å²) in [6, 6.07) is 8.12. The molecule has 1 aliphatic rings. The van der Waals surface area contributed by atoms with Gasteiger partial charge in [-0.2, -0.15) is 0 Å². The molecule has 1 aliphatic carbocycles. The standard InChI is InChI=1S/C21H21F4N3O5/c22-17-11-14(5-10-18(17)33-21(23,24)25)27-20(30)26-13-3-8-16(9-4-13)32-15-6-1-12(2-7-15)19(29)28-31/h1-2,5-7,10-11,13,16,31H,3-4,8-9H2,(H,28,29)(H2,26,27,30). The highest BCUT2D eigenvalue weighted by Gasteiger charge is 2.32. The molecule has 0 radical (unpaired) electrons. The summed E-state index contributed by atoms with van der Waals surface area (Å²) in [5.41, 5.74) is 1.81. The zero-order valence-corrected chi connectivity index (χ0v) is 17.1. The molecular formula is C21H21F4N3O5. The van der Waals surface area contributed by atoms with E-state index in [2.05, 4.69) is 15.4 Å². The van der Waals surface area contributed by atoms with E-state index in [9.17, 15) is 27.2 Å². The van der Waals surface area contributed by atoms with Crippen LogP contribution < -0.4 is 25.6 Å². The summed E-state index contributed by atoms with van der Waals surface area (Å²) in [6.45, 7) is 0. The first-order valence-electron chi connectivity index (χ1n) is 9.97. The van der Waals surface area contributed by atoms with Crippen LogP contribution in [0.5, 0.6) is 11.5 Å². The Labute approximate surface area is 185 Å². The van der Waals surface area contributed by atoms with Gasteiger partial charge in [-0.3, -0.25) is 10.0 Å². The molecule has 0 bridgehead atoms. The Balaban J connectivity index is 1.44. The lowest BCUT2D eigenvalue weighted by molar-refractivity contribution is -0.275. The summed E-state index contributed by atoms with van der Waals surface area (Å²) >= 11 is 0. The van der Waals surface area contributed by atoms with Gasteiger partial charge in [0.1, 0.15) is 5.75 Å². The fourth-order valence-electron chi connectivity index (χ4n) is 3.41. The normalized spacial score (nSPS) is 18.2. The number of ether oxygens (including phenoxy) is 2. The Hall–Kier alpha value is -3.54. The van der Waals surface area contributed by atoms with Crippen molar-refractivity contribution in [3.63, 3.8) is 0 Å². The van der Waals surface area contributed by atoms with Crippen LogP contribution in [0.2, 0.25) is 0 Å². The number of nitrogens with one attached hydrogen (secondary N) is 3. The predicted octanol–water partition coefficient (Wildman–Crippen LogP) is 4.36. The molecule has 8 nitrogen and oxygen atoms in total. The van der Waals surface area contributed by atoms with Crippen LogP contribution in [0.4, 0.5) is 28.0 Å². The summed E-state index contributed by atoms with van der Waals surface area (Å²) in [4.78, 5) is 23.5. The molecule has 1 saturated carbocycles. The minimum absolute atomic E-state index is 0.0186. The first kappa shape index (κ1) is 24.1. The summed E-state index contributed by atoms with van der Waals surface area (Å²) in [7, 11) is 0. The number of hydrogen-bond donors (Lipinski definition) is 4. The van der Waals surface area contributed by atoms with Gasteiger partial charge in [0.15, 0.2) is 11.6 Å². The molecule has 0 atom stereocenters. The predicted molar refractivity (Wildman–Crippen MR) is 108 cm³/mol. The van der Waals surface area contributed by atoms with E-state index in [0.29, 0.717) is 31.4 Å². The number of amides is 3. The Morgan fingerprint density at radius 3 is 2.24 bits per heavy atom. The lowest BCUT2D eigenvalue weighted by Crippen LogP contribution is -2.41. The van der Waals surface area contributed by atoms with Gasteiger partial charge in [-0.1, -0.05) is 0 Å². The van der Waals surface area contributed by atoms with Crippen molar-refractivity contribution in [1.29, 1.82) is 0 Å². The average molecular weight is 471 g/mol. The summed E-state index contributed by atoms with van der Waals surface area (Å²) in [5.74, 6) is -2.30. The monoisotopic (exact) mass is 471 g/mol. The number of halogens is 4. The molecule has 2 aromatic carbocycles. The molecule has 1 fully saturated rings. The van der Waals surface area contributed by atoms with Crippen LogP contribution in [-0.4, -0.2) is 35.7 Å². The molecule has 0 aromatic heterocycles. The number of anilines is 1. The third kappa shape index (κ3) is 7.24. The molecule has 33 heavy (non-hydrogen) atoms. The Morgan fingerprint density at radius 1 is 1.00 bits per heavy atom. The molecule has 0 spiro atoms. The van der Waals surface area contributed by atoms with Crippen molar-refractivity contribution in [1.82, 2.24) is 10.8 Å². The highest BCUT2D eigenvalue weighted by atomic mass is 19.4. The number of carbonyl (C=O) groups is 2. The van der Waals surface area contributed by atoms with Crippen molar-refractivity contribution in [2.75, 3.05) is 5.32 Å². The summed E-state index contributed by atoms with van der Waals surface area (Å²) < 4.78 is 59.8.